The van der Waals surface area contributed by atoms with Gasteiger partial charge >= 0.3 is 0 Å². The van der Waals surface area contributed by atoms with Crippen LogP contribution < -0.4 is 10.2 Å². The number of aromatic nitrogens is 1. The van der Waals surface area contributed by atoms with Crippen LogP contribution in [0.15, 0.2) is 35.8 Å². The van der Waals surface area contributed by atoms with Crippen LogP contribution in [0.1, 0.15) is 24.3 Å². The van der Waals surface area contributed by atoms with E-state index in [9.17, 15) is 9.65 Å². The number of rotatable bonds is 3. The number of hydrogen-bond acceptors (Lipinski definition) is 7. The average molecular weight is 437 g/mol. The number of anilines is 1. The van der Waals surface area contributed by atoms with Crippen molar-refractivity contribution in [3.05, 3.63) is 40.8 Å². The van der Waals surface area contributed by atoms with E-state index >= 15 is 0 Å². The molecule has 0 radical (unpaired) electrons. The first kappa shape index (κ1) is 19.5. The van der Waals surface area contributed by atoms with E-state index in [0.29, 0.717) is 11.1 Å². The van der Waals surface area contributed by atoms with E-state index in [1.807, 2.05) is 0 Å². The third-order valence-corrected chi connectivity index (χ3v) is 8.62. The number of thiazole rings is 1. The molecule has 1 aliphatic carbocycles. The van der Waals surface area contributed by atoms with Gasteiger partial charge in [-0.15, -0.1) is 11.3 Å². The van der Waals surface area contributed by atoms with Crippen molar-refractivity contribution in [2.75, 3.05) is 18.5 Å². The van der Waals surface area contributed by atoms with Crippen molar-refractivity contribution in [2.24, 2.45) is 0 Å². The van der Waals surface area contributed by atoms with E-state index in [-0.39, 0.29) is 18.0 Å². The molecule has 152 valence electrons. The topological polar surface area (TPSA) is 75.8 Å². The SMILES string of the molecule is CN/C=C1/C=C(c2nc3sc(N4CCC45CCCB(C#N)C5)cc3s2)C=C(F)C1=N. The number of nitrogens with one attached hydrogen (secondary N) is 2. The zero-order valence-electron chi connectivity index (χ0n) is 16.7. The lowest BCUT2D eigenvalue weighted by molar-refractivity contribution is 0.270. The van der Waals surface area contributed by atoms with E-state index in [4.69, 9.17) is 10.4 Å². The second kappa shape index (κ2) is 7.36. The number of fused-ring (bicyclic) bond motifs is 1. The monoisotopic (exact) mass is 437 g/mol. The van der Waals surface area contributed by atoms with Gasteiger partial charge in [-0.3, -0.25) is 5.41 Å². The Hall–Kier alpha value is -2.44. The molecule has 2 fully saturated rings. The average Bonchev–Trinajstić information content (AvgIpc) is 3.29. The molecule has 4 heterocycles. The largest absolute Gasteiger partial charge is 0.393 e. The molecule has 5 rings (SSSR count). The summed E-state index contributed by atoms with van der Waals surface area (Å²) in [6.45, 7) is 1.21. The van der Waals surface area contributed by atoms with E-state index in [0.717, 1.165) is 40.1 Å². The summed E-state index contributed by atoms with van der Waals surface area (Å²) in [5, 5.41) is 22.1. The lowest BCUT2D eigenvalue weighted by Crippen LogP contribution is -2.62. The first-order valence-electron chi connectivity index (χ1n) is 10.2. The van der Waals surface area contributed by atoms with Crippen LogP contribution in [-0.4, -0.2) is 36.5 Å². The van der Waals surface area contributed by atoms with E-state index < -0.39 is 5.83 Å². The summed E-state index contributed by atoms with van der Waals surface area (Å²) < 4.78 is 15.3. The summed E-state index contributed by atoms with van der Waals surface area (Å²) in [5.41, 5.74) is 1.25. The number of thiophene rings is 1. The van der Waals surface area contributed by atoms with Gasteiger partial charge in [-0.2, -0.15) is 0 Å². The van der Waals surface area contributed by atoms with Crippen LogP contribution in [0.25, 0.3) is 15.1 Å². The molecule has 2 aliphatic heterocycles. The van der Waals surface area contributed by atoms with E-state index in [1.165, 1.54) is 23.9 Å². The maximum atomic E-state index is 14.2. The normalized spacial score (nSPS) is 25.4. The lowest BCUT2D eigenvalue weighted by Gasteiger charge is -2.56. The second-order valence-corrected chi connectivity index (χ2v) is 10.2. The van der Waals surface area contributed by atoms with Crippen LogP contribution in [0.2, 0.25) is 12.6 Å². The number of halogens is 1. The summed E-state index contributed by atoms with van der Waals surface area (Å²) in [5.74, 6) is 1.94. The molecule has 30 heavy (non-hydrogen) atoms. The molecule has 0 amide bonds. The predicted molar refractivity (Wildman–Crippen MR) is 124 cm³/mol. The molecule has 2 aromatic rings. The molecule has 0 aromatic carbocycles. The van der Waals surface area contributed by atoms with Crippen molar-refractivity contribution in [1.29, 1.82) is 10.7 Å². The standard InChI is InChI=1S/C21H21BFN5S2/c1-26-10-14-7-13(8-15(23)18(14)25)19-27-20-16(29-19)9-17(30-20)28-6-4-21(28)3-2-5-22(11-21)12-24/h7-10,25-26H,2-6,11H2,1H3/b14-10-,25-18?. The van der Waals surface area contributed by atoms with Gasteiger partial charge in [0.1, 0.15) is 15.7 Å². The van der Waals surface area contributed by atoms with Crippen molar-refractivity contribution in [3.8, 4) is 5.97 Å². The van der Waals surface area contributed by atoms with Crippen LogP contribution in [0.3, 0.4) is 0 Å². The minimum Gasteiger partial charge on any atom is -0.393 e. The number of allylic oxidation sites excluding steroid dienone is 5. The fourth-order valence-corrected chi connectivity index (χ4v) is 7.14. The van der Waals surface area contributed by atoms with Crippen molar-refractivity contribution in [2.45, 2.75) is 37.4 Å². The Morgan fingerprint density at radius 2 is 2.27 bits per heavy atom. The Morgan fingerprint density at radius 1 is 1.40 bits per heavy atom. The lowest BCUT2D eigenvalue weighted by atomic mass is 9.38. The van der Waals surface area contributed by atoms with Gasteiger partial charge in [0.25, 0.3) is 6.71 Å². The molecular weight excluding hydrogens is 416 g/mol. The van der Waals surface area contributed by atoms with Crippen molar-refractivity contribution >= 4 is 55.2 Å². The molecule has 0 bridgehead atoms. The van der Waals surface area contributed by atoms with Crippen LogP contribution >= 0.6 is 22.7 Å². The highest BCUT2D eigenvalue weighted by atomic mass is 32.1. The predicted octanol–water partition coefficient (Wildman–Crippen LogP) is 5.03. The zero-order valence-corrected chi connectivity index (χ0v) is 18.3. The molecule has 9 heteroatoms. The number of nitrogens with zero attached hydrogens (tertiary/aromatic N) is 3. The van der Waals surface area contributed by atoms with Crippen LogP contribution in [0, 0.1) is 16.6 Å². The Labute approximate surface area is 183 Å². The van der Waals surface area contributed by atoms with Gasteiger partial charge in [0, 0.05) is 42.4 Å². The molecule has 1 spiro atoms. The van der Waals surface area contributed by atoms with Crippen LogP contribution in [-0.2, 0) is 0 Å². The quantitative estimate of drug-likeness (QED) is 0.661. The summed E-state index contributed by atoms with van der Waals surface area (Å²) in [4.78, 5) is 8.23. The Morgan fingerprint density at radius 3 is 2.97 bits per heavy atom. The third-order valence-electron chi connectivity index (χ3n) is 6.39. The molecule has 2 N–H and O–H groups in total. The third kappa shape index (κ3) is 3.10. The molecular formula is C21H21BFN5S2. The first-order chi connectivity index (χ1) is 14.5. The van der Waals surface area contributed by atoms with Crippen molar-refractivity contribution in [1.82, 2.24) is 10.3 Å². The van der Waals surface area contributed by atoms with Crippen LogP contribution in [0.5, 0.6) is 0 Å². The van der Waals surface area contributed by atoms with Gasteiger partial charge < -0.3 is 10.2 Å². The minimum absolute atomic E-state index is 0.111. The molecule has 1 unspecified atom stereocenters. The number of hydrogen-bond donors (Lipinski definition) is 2. The molecule has 1 atom stereocenters. The van der Waals surface area contributed by atoms with E-state index in [2.05, 4.69) is 22.3 Å². The van der Waals surface area contributed by atoms with Gasteiger partial charge in [0.15, 0.2) is 0 Å². The molecule has 5 nitrogen and oxygen atoms in total. The highest BCUT2D eigenvalue weighted by Gasteiger charge is 2.49. The Bertz CT molecular complexity index is 1140. The Balaban J connectivity index is 1.43. The molecule has 2 aromatic heterocycles. The fourth-order valence-electron chi connectivity index (χ4n) is 4.81. The summed E-state index contributed by atoms with van der Waals surface area (Å²) in [6, 6.07) is 2.20. The van der Waals surface area contributed by atoms with Crippen molar-refractivity contribution < 1.29 is 4.39 Å². The Kier molecular flexibility index (Phi) is 4.79. The maximum absolute atomic E-state index is 14.2. The summed E-state index contributed by atoms with van der Waals surface area (Å²) >= 11 is 3.25. The van der Waals surface area contributed by atoms with Gasteiger partial charge in [0.2, 0.25) is 0 Å². The first-order valence-corrected chi connectivity index (χ1v) is 11.8. The van der Waals surface area contributed by atoms with Gasteiger partial charge in [-0.1, -0.05) is 24.1 Å². The van der Waals surface area contributed by atoms with Crippen molar-refractivity contribution in [3.63, 3.8) is 0 Å². The van der Waals surface area contributed by atoms with E-state index in [1.54, 1.807) is 42.0 Å². The smallest absolute Gasteiger partial charge is 0.270 e. The van der Waals surface area contributed by atoms with Crippen LogP contribution in [0.4, 0.5) is 9.39 Å². The maximum Gasteiger partial charge on any atom is 0.270 e. The highest BCUT2D eigenvalue weighted by molar-refractivity contribution is 7.29. The number of nitriles is 1. The highest BCUT2D eigenvalue weighted by Crippen LogP contribution is 2.49. The minimum atomic E-state index is -0.542. The molecule has 0 saturated carbocycles. The zero-order chi connectivity index (χ0) is 20.9. The molecule has 2 saturated heterocycles. The van der Waals surface area contributed by atoms with Gasteiger partial charge in [0.05, 0.1) is 15.4 Å². The van der Waals surface area contributed by atoms with Gasteiger partial charge in [-0.25, -0.2) is 14.6 Å². The summed E-state index contributed by atoms with van der Waals surface area (Å²) in [6.07, 6.45) is 10.3. The summed E-state index contributed by atoms with van der Waals surface area (Å²) in [7, 11) is 1.73. The fraction of sp³-hybridized carbons (Fsp3) is 0.381. The van der Waals surface area contributed by atoms with Gasteiger partial charge in [-0.05, 0) is 37.4 Å². The second-order valence-electron chi connectivity index (χ2n) is 8.18. The molecule has 3 aliphatic rings.